The van der Waals surface area contributed by atoms with Crippen LogP contribution in [0.5, 0.6) is 11.5 Å². The Kier molecular flexibility index (Phi) is 7.17. The van der Waals surface area contributed by atoms with Crippen molar-refractivity contribution >= 4 is 11.6 Å². The highest BCUT2D eigenvalue weighted by Crippen LogP contribution is 2.37. The Morgan fingerprint density at radius 3 is 2.68 bits per heavy atom. The Labute approximate surface area is 120 Å². The molecule has 0 amide bonds. The summed E-state index contributed by atoms with van der Waals surface area (Å²) < 4.78 is 10.5. The predicted molar refractivity (Wildman–Crippen MR) is 78.9 cm³/mol. The number of hydrogen-bond donors (Lipinski definition) is 1. The molecular formula is C15H20ClNO2. The number of ether oxygens (including phenoxy) is 2. The van der Waals surface area contributed by atoms with Crippen molar-refractivity contribution in [3.8, 4) is 23.8 Å². The summed E-state index contributed by atoms with van der Waals surface area (Å²) in [5, 5.41) is 3.94. The second-order valence-electron chi connectivity index (χ2n) is 4.11. The van der Waals surface area contributed by atoms with Gasteiger partial charge in [-0.3, -0.25) is 0 Å². The summed E-state index contributed by atoms with van der Waals surface area (Å²) >= 11 is 6.28. The molecule has 104 valence electrons. The van der Waals surface area contributed by atoms with Gasteiger partial charge in [-0.2, -0.15) is 0 Å². The summed E-state index contributed by atoms with van der Waals surface area (Å²) in [6.45, 7) is 1.63. The molecule has 1 N–H and O–H groups in total. The second kappa shape index (κ2) is 8.68. The first-order valence-electron chi connectivity index (χ1n) is 6.28. The van der Waals surface area contributed by atoms with Crippen molar-refractivity contribution in [1.29, 1.82) is 0 Å². The zero-order valence-corrected chi connectivity index (χ0v) is 12.2. The third kappa shape index (κ3) is 4.66. The van der Waals surface area contributed by atoms with Crippen LogP contribution in [0.15, 0.2) is 12.1 Å². The third-order valence-electron chi connectivity index (χ3n) is 2.81. The Bertz CT molecular complexity index is 441. The van der Waals surface area contributed by atoms with Gasteiger partial charge in [-0.15, -0.1) is 12.3 Å². The van der Waals surface area contributed by atoms with E-state index in [1.54, 1.807) is 14.2 Å². The van der Waals surface area contributed by atoms with E-state index in [2.05, 4.69) is 11.2 Å². The molecule has 0 saturated carbocycles. The lowest BCUT2D eigenvalue weighted by molar-refractivity contribution is 0.354. The fraction of sp³-hybridized carbons (Fsp3) is 0.467. The van der Waals surface area contributed by atoms with Gasteiger partial charge in [0, 0.05) is 13.0 Å². The molecule has 0 aliphatic rings. The van der Waals surface area contributed by atoms with E-state index in [9.17, 15) is 0 Å². The van der Waals surface area contributed by atoms with Crippen molar-refractivity contribution in [2.75, 3.05) is 20.8 Å². The van der Waals surface area contributed by atoms with Crippen molar-refractivity contribution in [2.45, 2.75) is 25.8 Å². The number of benzene rings is 1. The first kappa shape index (κ1) is 15.7. The van der Waals surface area contributed by atoms with E-state index >= 15 is 0 Å². The molecule has 4 heteroatoms. The molecule has 0 heterocycles. The van der Waals surface area contributed by atoms with Gasteiger partial charge < -0.3 is 14.8 Å². The molecular weight excluding hydrogens is 262 g/mol. The monoisotopic (exact) mass is 281 g/mol. The van der Waals surface area contributed by atoms with Gasteiger partial charge in [0.25, 0.3) is 0 Å². The number of halogens is 1. The van der Waals surface area contributed by atoms with Crippen LogP contribution < -0.4 is 14.8 Å². The van der Waals surface area contributed by atoms with Crippen LogP contribution in [-0.4, -0.2) is 20.8 Å². The number of nitrogens with one attached hydrogen (secondary N) is 1. The van der Waals surface area contributed by atoms with Crippen LogP contribution in [0.3, 0.4) is 0 Å². The molecule has 19 heavy (non-hydrogen) atoms. The molecule has 3 nitrogen and oxygen atoms in total. The molecule has 0 atom stereocenters. The lowest BCUT2D eigenvalue weighted by Gasteiger charge is -2.13. The van der Waals surface area contributed by atoms with Gasteiger partial charge in [-0.05, 0) is 31.0 Å². The number of hydrogen-bond acceptors (Lipinski definition) is 3. The topological polar surface area (TPSA) is 30.5 Å². The molecule has 0 spiro atoms. The molecule has 1 aromatic carbocycles. The van der Waals surface area contributed by atoms with Crippen molar-refractivity contribution < 1.29 is 9.47 Å². The maximum Gasteiger partial charge on any atom is 0.179 e. The van der Waals surface area contributed by atoms with Gasteiger partial charge in [0.15, 0.2) is 11.5 Å². The quantitative estimate of drug-likeness (QED) is 0.586. The smallest absolute Gasteiger partial charge is 0.179 e. The predicted octanol–water partition coefficient (Wildman–Crippen LogP) is 3.25. The number of unbranched alkanes of at least 4 members (excludes halogenated alkanes) is 2. The fourth-order valence-corrected chi connectivity index (χ4v) is 2.07. The van der Waals surface area contributed by atoms with Crippen molar-refractivity contribution in [3.63, 3.8) is 0 Å². The van der Waals surface area contributed by atoms with E-state index in [-0.39, 0.29) is 0 Å². The molecule has 0 radical (unpaired) electrons. The van der Waals surface area contributed by atoms with Crippen molar-refractivity contribution in [2.24, 2.45) is 0 Å². The molecule has 1 rings (SSSR count). The maximum atomic E-state index is 6.28. The molecule has 0 saturated heterocycles. The number of methoxy groups -OCH3 is 2. The van der Waals surface area contributed by atoms with Gasteiger partial charge in [-0.25, -0.2) is 0 Å². The second-order valence-corrected chi connectivity index (χ2v) is 4.49. The first-order chi connectivity index (χ1) is 9.24. The highest BCUT2D eigenvalue weighted by molar-refractivity contribution is 6.33. The van der Waals surface area contributed by atoms with Gasteiger partial charge in [-0.1, -0.05) is 17.7 Å². The highest BCUT2D eigenvalue weighted by Gasteiger charge is 2.12. The van der Waals surface area contributed by atoms with Crippen LogP contribution in [0.1, 0.15) is 24.8 Å². The van der Waals surface area contributed by atoms with Crippen LogP contribution in [-0.2, 0) is 6.54 Å². The zero-order valence-electron chi connectivity index (χ0n) is 11.5. The van der Waals surface area contributed by atoms with E-state index in [1.807, 2.05) is 12.1 Å². The zero-order chi connectivity index (χ0) is 14.1. The molecule has 0 unspecified atom stereocenters. The molecule has 0 bridgehead atoms. The largest absolute Gasteiger partial charge is 0.493 e. The van der Waals surface area contributed by atoms with Gasteiger partial charge >= 0.3 is 0 Å². The van der Waals surface area contributed by atoms with Crippen LogP contribution in [0.25, 0.3) is 0 Å². The summed E-state index contributed by atoms with van der Waals surface area (Å²) in [4.78, 5) is 0. The van der Waals surface area contributed by atoms with Gasteiger partial charge in [0.1, 0.15) is 0 Å². The van der Waals surface area contributed by atoms with E-state index in [1.165, 1.54) is 0 Å². The van der Waals surface area contributed by atoms with E-state index in [0.717, 1.165) is 31.4 Å². The standard InChI is InChI=1S/C15H20ClNO2/c1-4-5-6-7-10-17-11-12-8-9-13(18-2)15(19-3)14(12)16/h1,8-9,17H,5-7,10-11H2,2-3H3. The molecule has 0 aliphatic heterocycles. The number of rotatable bonds is 8. The lowest BCUT2D eigenvalue weighted by atomic mass is 10.2. The maximum absolute atomic E-state index is 6.28. The highest BCUT2D eigenvalue weighted by atomic mass is 35.5. The summed E-state index contributed by atoms with van der Waals surface area (Å²) in [5.74, 6) is 3.86. The van der Waals surface area contributed by atoms with E-state index in [0.29, 0.717) is 23.1 Å². The molecule has 0 fully saturated rings. The van der Waals surface area contributed by atoms with Crippen LogP contribution in [0.4, 0.5) is 0 Å². The average Bonchev–Trinajstić information content (AvgIpc) is 2.43. The van der Waals surface area contributed by atoms with E-state index < -0.39 is 0 Å². The molecule has 0 aromatic heterocycles. The van der Waals surface area contributed by atoms with Gasteiger partial charge in [0.2, 0.25) is 0 Å². The minimum atomic E-state index is 0.579. The Balaban J connectivity index is 2.53. The van der Waals surface area contributed by atoms with Crippen LogP contribution in [0.2, 0.25) is 5.02 Å². The van der Waals surface area contributed by atoms with Crippen LogP contribution >= 0.6 is 11.6 Å². The third-order valence-corrected chi connectivity index (χ3v) is 3.22. The minimum absolute atomic E-state index is 0.579. The lowest BCUT2D eigenvalue weighted by Crippen LogP contribution is -2.15. The summed E-state index contributed by atoms with van der Waals surface area (Å²) in [6, 6.07) is 3.80. The Morgan fingerprint density at radius 1 is 1.26 bits per heavy atom. The summed E-state index contributed by atoms with van der Waals surface area (Å²) in [5.41, 5.74) is 0.997. The summed E-state index contributed by atoms with van der Waals surface area (Å²) in [7, 11) is 3.18. The van der Waals surface area contributed by atoms with Crippen LogP contribution in [0, 0.1) is 12.3 Å². The fourth-order valence-electron chi connectivity index (χ4n) is 1.77. The Morgan fingerprint density at radius 2 is 2.05 bits per heavy atom. The average molecular weight is 282 g/mol. The van der Waals surface area contributed by atoms with Crippen molar-refractivity contribution in [3.05, 3.63) is 22.7 Å². The van der Waals surface area contributed by atoms with Crippen molar-refractivity contribution in [1.82, 2.24) is 5.32 Å². The summed E-state index contributed by atoms with van der Waals surface area (Å²) in [6.07, 6.45) is 8.14. The van der Waals surface area contributed by atoms with E-state index in [4.69, 9.17) is 27.5 Å². The normalized spacial score (nSPS) is 10.0. The first-order valence-corrected chi connectivity index (χ1v) is 6.66. The minimum Gasteiger partial charge on any atom is -0.493 e. The molecule has 1 aromatic rings. The number of terminal acetylenes is 1. The Hall–Kier alpha value is -1.37. The SMILES string of the molecule is C#CCCCCNCc1ccc(OC)c(OC)c1Cl. The van der Waals surface area contributed by atoms with Gasteiger partial charge in [0.05, 0.1) is 19.2 Å². The molecule has 0 aliphatic carbocycles.